The molecule has 3 aromatic rings. The molecular weight excluding hydrogens is 354 g/mol. The number of carbonyl (C=O) groups excluding carboxylic acids is 2. The zero-order valence-electron chi connectivity index (χ0n) is 15.7. The number of hydrogen-bond acceptors (Lipinski definition) is 4. The third-order valence-corrected chi connectivity index (χ3v) is 4.91. The predicted octanol–water partition coefficient (Wildman–Crippen LogP) is 3.39. The predicted molar refractivity (Wildman–Crippen MR) is 106 cm³/mol. The van der Waals surface area contributed by atoms with E-state index in [2.05, 4.69) is 5.16 Å². The fourth-order valence-electron chi connectivity index (χ4n) is 3.41. The molecule has 0 spiro atoms. The Morgan fingerprint density at radius 1 is 1.07 bits per heavy atom. The monoisotopic (exact) mass is 375 g/mol. The van der Waals surface area contributed by atoms with Gasteiger partial charge in [-0.15, -0.1) is 0 Å². The summed E-state index contributed by atoms with van der Waals surface area (Å²) in [5, 5.41) is 3.83. The van der Waals surface area contributed by atoms with Gasteiger partial charge in [-0.2, -0.15) is 0 Å². The molecule has 6 heteroatoms. The molecule has 0 atom stereocenters. The van der Waals surface area contributed by atoms with Crippen LogP contribution in [0.5, 0.6) is 0 Å². The third kappa shape index (κ3) is 3.41. The van der Waals surface area contributed by atoms with Crippen molar-refractivity contribution in [2.24, 2.45) is 0 Å². The number of para-hydroxylation sites is 1. The highest BCUT2D eigenvalue weighted by Gasteiger charge is 2.31. The number of benzene rings is 2. The summed E-state index contributed by atoms with van der Waals surface area (Å²) in [6.45, 7) is 2.84. The smallest absolute Gasteiger partial charge is 0.276 e. The standard InChI is InChI=1S/C22H21N3O3/c1-2-17-14-19(23-28-17)22(27)24-12-13-25(21(26)15-24)20-11-7-6-10-18(20)16-8-4-3-5-9-16/h3-11,14H,2,12-13,15H2,1H3. The summed E-state index contributed by atoms with van der Waals surface area (Å²) in [6.07, 6.45) is 0.670. The van der Waals surface area contributed by atoms with Gasteiger partial charge in [0.1, 0.15) is 12.3 Å². The number of hydrogen-bond donors (Lipinski definition) is 0. The van der Waals surface area contributed by atoms with Crippen LogP contribution in [-0.4, -0.2) is 41.5 Å². The summed E-state index contributed by atoms with van der Waals surface area (Å²) < 4.78 is 5.11. The van der Waals surface area contributed by atoms with Crippen molar-refractivity contribution in [2.45, 2.75) is 13.3 Å². The van der Waals surface area contributed by atoms with Crippen molar-refractivity contribution >= 4 is 17.5 Å². The van der Waals surface area contributed by atoms with Gasteiger partial charge in [-0.1, -0.05) is 60.6 Å². The fraction of sp³-hybridized carbons (Fsp3) is 0.227. The fourth-order valence-corrected chi connectivity index (χ4v) is 3.41. The normalized spacial score (nSPS) is 14.4. The largest absolute Gasteiger partial charge is 0.361 e. The lowest BCUT2D eigenvalue weighted by molar-refractivity contribution is -0.120. The molecule has 6 nitrogen and oxygen atoms in total. The molecule has 4 rings (SSSR count). The van der Waals surface area contributed by atoms with Crippen molar-refractivity contribution in [2.75, 3.05) is 24.5 Å². The van der Waals surface area contributed by atoms with E-state index in [1.165, 1.54) is 4.90 Å². The van der Waals surface area contributed by atoms with Gasteiger partial charge >= 0.3 is 0 Å². The van der Waals surface area contributed by atoms with E-state index in [9.17, 15) is 9.59 Å². The zero-order chi connectivity index (χ0) is 19.5. The molecule has 28 heavy (non-hydrogen) atoms. The van der Waals surface area contributed by atoms with Gasteiger partial charge in [0, 0.05) is 31.1 Å². The summed E-state index contributed by atoms with van der Waals surface area (Å²) in [5.74, 6) is 0.278. The highest BCUT2D eigenvalue weighted by Crippen LogP contribution is 2.31. The second-order valence-electron chi connectivity index (χ2n) is 6.69. The van der Waals surface area contributed by atoms with Gasteiger partial charge in [0.05, 0.1) is 5.69 Å². The van der Waals surface area contributed by atoms with E-state index in [-0.39, 0.29) is 24.1 Å². The summed E-state index contributed by atoms with van der Waals surface area (Å²) in [6, 6.07) is 19.5. The second-order valence-corrected chi connectivity index (χ2v) is 6.69. The first-order valence-electron chi connectivity index (χ1n) is 9.37. The minimum absolute atomic E-state index is 0.0241. The molecule has 2 amide bonds. The molecule has 1 aromatic heterocycles. The number of aryl methyl sites for hydroxylation is 1. The number of aromatic nitrogens is 1. The van der Waals surface area contributed by atoms with Gasteiger partial charge < -0.3 is 14.3 Å². The lowest BCUT2D eigenvalue weighted by Gasteiger charge is -2.35. The number of nitrogens with zero attached hydrogens (tertiary/aromatic N) is 3. The molecule has 0 radical (unpaired) electrons. The van der Waals surface area contributed by atoms with Gasteiger partial charge in [0.25, 0.3) is 5.91 Å². The molecule has 1 saturated heterocycles. The average Bonchev–Trinajstić information content (AvgIpc) is 3.23. The Morgan fingerprint density at radius 3 is 2.54 bits per heavy atom. The van der Waals surface area contributed by atoms with E-state index in [1.54, 1.807) is 11.0 Å². The molecule has 0 N–H and O–H groups in total. The highest BCUT2D eigenvalue weighted by molar-refractivity contribution is 6.03. The van der Waals surface area contributed by atoms with Crippen LogP contribution in [0.4, 0.5) is 5.69 Å². The van der Waals surface area contributed by atoms with E-state index in [4.69, 9.17) is 4.52 Å². The van der Waals surface area contributed by atoms with Gasteiger partial charge in [-0.05, 0) is 11.6 Å². The van der Waals surface area contributed by atoms with Gasteiger partial charge in [0.2, 0.25) is 5.91 Å². The third-order valence-electron chi connectivity index (χ3n) is 4.91. The van der Waals surface area contributed by atoms with Crippen molar-refractivity contribution in [1.82, 2.24) is 10.1 Å². The maximum Gasteiger partial charge on any atom is 0.276 e. The lowest BCUT2D eigenvalue weighted by atomic mass is 10.0. The quantitative estimate of drug-likeness (QED) is 0.701. The summed E-state index contributed by atoms with van der Waals surface area (Å²) in [5.41, 5.74) is 3.17. The van der Waals surface area contributed by atoms with E-state index in [0.717, 1.165) is 16.8 Å². The van der Waals surface area contributed by atoms with Crippen LogP contribution in [0.3, 0.4) is 0 Å². The SMILES string of the molecule is CCc1cc(C(=O)N2CCN(c3ccccc3-c3ccccc3)C(=O)C2)no1. The second kappa shape index (κ2) is 7.68. The molecule has 0 saturated carbocycles. The minimum atomic E-state index is -0.271. The molecule has 1 aliphatic rings. The Kier molecular flexibility index (Phi) is 4.93. The van der Waals surface area contributed by atoms with Crippen LogP contribution in [0.1, 0.15) is 23.2 Å². The molecule has 1 fully saturated rings. The first-order valence-corrected chi connectivity index (χ1v) is 9.37. The first kappa shape index (κ1) is 18.0. The van der Waals surface area contributed by atoms with Crippen LogP contribution in [0.15, 0.2) is 65.2 Å². The number of amides is 2. The first-order chi connectivity index (χ1) is 13.7. The van der Waals surface area contributed by atoms with Gasteiger partial charge in [-0.3, -0.25) is 9.59 Å². The van der Waals surface area contributed by atoms with Crippen LogP contribution in [-0.2, 0) is 11.2 Å². The summed E-state index contributed by atoms with van der Waals surface area (Å²) in [4.78, 5) is 28.8. The molecule has 0 bridgehead atoms. The van der Waals surface area contributed by atoms with Gasteiger partial charge in [0.15, 0.2) is 5.69 Å². The van der Waals surface area contributed by atoms with Crippen molar-refractivity contribution < 1.29 is 14.1 Å². The van der Waals surface area contributed by atoms with E-state index < -0.39 is 0 Å². The van der Waals surface area contributed by atoms with Crippen LogP contribution in [0.25, 0.3) is 11.1 Å². The maximum atomic E-state index is 12.9. The average molecular weight is 375 g/mol. The molecule has 1 aliphatic heterocycles. The van der Waals surface area contributed by atoms with Crippen LogP contribution in [0, 0.1) is 0 Å². The van der Waals surface area contributed by atoms with Gasteiger partial charge in [-0.25, -0.2) is 0 Å². The number of rotatable bonds is 4. The van der Waals surface area contributed by atoms with Crippen molar-refractivity contribution in [1.29, 1.82) is 0 Å². The van der Waals surface area contributed by atoms with Crippen LogP contribution >= 0.6 is 0 Å². The summed E-state index contributed by atoms with van der Waals surface area (Å²) in [7, 11) is 0. The number of piperazine rings is 1. The Morgan fingerprint density at radius 2 is 1.82 bits per heavy atom. The molecule has 2 heterocycles. The van der Waals surface area contributed by atoms with E-state index in [1.807, 2.05) is 61.5 Å². The Hall–Kier alpha value is -3.41. The number of anilines is 1. The molecule has 142 valence electrons. The zero-order valence-corrected chi connectivity index (χ0v) is 15.7. The molecule has 2 aromatic carbocycles. The highest BCUT2D eigenvalue weighted by atomic mass is 16.5. The van der Waals surface area contributed by atoms with E-state index in [0.29, 0.717) is 25.3 Å². The molecule has 0 aliphatic carbocycles. The van der Waals surface area contributed by atoms with Crippen LogP contribution < -0.4 is 4.90 Å². The summed E-state index contributed by atoms with van der Waals surface area (Å²) >= 11 is 0. The minimum Gasteiger partial charge on any atom is -0.361 e. The number of carbonyl (C=O) groups is 2. The molecular formula is C22H21N3O3. The Bertz CT molecular complexity index is 997. The van der Waals surface area contributed by atoms with Crippen molar-refractivity contribution in [3.8, 4) is 11.1 Å². The van der Waals surface area contributed by atoms with Crippen molar-refractivity contribution in [3.63, 3.8) is 0 Å². The Balaban J connectivity index is 1.54. The van der Waals surface area contributed by atoms with Crippen molar-refractivity contribution in [3.05, 3.63) is 72.1 Å². The van der Waals surface area contributed by atoms with E-state index >= 15 is 0 Å². The van der Waals surface area contributed by atoms with Crippen LogP contribution in [0.2, 0.25) is 0 Å². The lowest BCUT2D eigenvalue weighted by Crippen LogP contribution is -2.52. The Labute approximate surface area is 163 Å². The topological polar surface area (TPSA) is 66.7 Å². The molecule has 0 unspecified atom stereocenters. The maximum absolute atomic E-state index is 12.9.